The minimum absolute atomic E-state index is 0.0160. The maximum absolute atomic E-state index is 12.5. The summed E-state index contributed by atoms with van der Waals surface area (Å²) in [7, 11) is 0. The molecular weight excluding hydrogens is 530 g/mol. The number of carbonyl (C=O) groups excluding carboxylic acids is 3. The maximum Gasteiger partial charge on any atom is 0.508 e. The van der Waals surface area contributed by atoms with Crippen molar-refractivity contribution in [3.8, 4) is 11.5 Å². The molecule has 1 fully saturated rings. The Morgan fingerprint density at radius 1 is 0.902 bits per heavy atom. The zero-order valence-electron chi connectivity index (χ0n) is 25.1. The van der Waals surface area contributed by atoms with Crippen molar-refractivity contribution in [2.45, 2.75) is 123 Å². The minimum atomic E-state index is -1.81. The van der Waals surface area contributed by atoms with Gasteiger partial charge >= 0.3 is 24.1 Å². The largest absolute Gasteiger partial charge is 0.508 e. The van der Waals surface area contributed by atoms with E-state index in [-0.39, 0.29) is 43.3 Å². The van der Waals surface area contributed by atoms with Crippen LogP contribution >= 0.6 is 0 Å². The van der Waals surface area contributed by atoms with Crippen molar-refractivity contribution in [2.24, 2.45) is 17.6 Å². The molecule has 1 aromatic rings. The van der Waals surface area contributed by atoms with Crippen molar-refractivity contribution in [3.05, 3.63) is 23.8 Å². The molecule has 3 N–H and O–H groups in total. The van der Waals surface area contributed by atoms with E-state index < -0.39 is 35.7 Å². The number of carboxylic acids is 1. The topological polar surface area (TPSA) is 151 Å². The van der Waals surface area contributed by atoms with Gasteiger partial charge in [0.15, 0.2) is 11.5 Å². The Morgan fingerprint density at radius 3 is 2.00 bits per heavy atom. The summed E-state index contributed by atoms with van der Waals surface area (Å²) in [5, 5.41) is 10.0. The number of benzene rings is 1. The second-order valence-corrected chi connectivity index (χ2v) is 12.0. The highest BCUT2D eigenvalue weighted by Crippen LogP contribution is 2.32. The van der Waals surface area contributed by atoms with Gasteiger partial charge in [0.2, 0.25) is 0 Å². The van der Waals surface area contributed by atoms with Crippen molar-refractivity contribution < 1.29 is 43.2 Å². The van der Waals surface area contributed by atoms with Crippen LogP contribution in [0.1, 0.15) is 104 Å². The van der Waals surface area contributed by atoms with Gasteiger partial charge < -0.3 is 29.8 Å². The van der Waals surface area contributed by atoms with E-state index in [4.69, 9.17) is 24.7 Å². The first-order chi connectivity index (χ1) is 19.3. The molecule has 1 aliphatic carbocycles. The first-order valence-electron chi connectivity index (χ1n) is 14.7. The molecule has 2 atom stereocenters. The summed E-state index contributed by atoms with van der Waals surface area (Å²) in [6.45, 7) is 9.54. The lowest BCUT2D eigenvalue weighted by atomic mass is 9.86. The van der Waals surface area contributed by atoms with Crippen LogP contribution in [0.3, 0.4) is 0 Å². The average molecular weight is 578 g/mol. The minimum Gasteiger partial charge on any atom is -0.480 e. The van der Waals surface area contributed by atoms with Gasteiger partial charge in [0.25, 0.3) is 0 Å². The predicted octanol–water partition coefficient (Wildman–Crippen LogP) is 5.96. The number of nitrogens with two attached hydrogens (primary N) is 1. The number of esters is 2. The van der Waals surface area contributed by atoms with Gasteiger partial charge in [0.1, 0.15) is 17.7 Å². The number of hydrogen-bond donors (Lipinski definition) is 2. The van der Waals surface area contributed by atoms with Gasteiger partial charge in [-0.05, 0) is 75.0 Å². The molecule has 0 heterocycles. The molecule has 0 aliphatic heterocycles. The van der Waals surface area contributed by atoms with Crippen LogP contribution in [0.25, 0.3) is 0 Å². The molecule has 0 spiro atoms. The summed E-state index contributed by atoms with van der Waals surface area (Å²) in [4.78, 5) is 49.4. The van der Waals surface area contributed by atoms with Crippen molar-refractivity contribution in [3.63, 3.8) is 0 Å². The zero-order valence-corrected chi connectivity index (χ0v) is 25.1. The molecule has 1 aliphatic rings. The Kier molecular flexibility index (Phi) is 13.6. The van der Waals surface area contributed by atoms with Crippen molar-refractivity contribution in [1.82, 2.24) is 0 Å². The lowest BCUT2D eigenvalue weighted by molar-refractivity contribution is -0.145. The van der Waals surface area contributed by atoms with E-state index in [1.807, 2.05) is 27.7 Å². The fourth-order valence-corrected chi connectivity index (χ4v) is 4.65. The molecule has 41 heavy (non-hydrogen) atoms. The fourth-order valence-electron chi connectivity index (χ4n) is 4.65. The lowest BCUT2D eigenvalue weighted by Gasteiger charge is -2.28. The molecule has 10 heteroatoms. The third kappa shape index (κ3) is 12.5. The molecule has 1 saturated carbocycles. The lowest BCUT2D eigenvalue weighted by Crippen LogP contribution is -2.52. The van der Waals surface area contributed by atoms with Crippen molar-refractivity contribution in [2.75, 3.05) is 0 Å². The number of ether oxygens (including phenoxy) is 4. The van der Waals surface area contributed by atoms with E-state index in [0.717, 1.165) is 32.1 Å². The van der Waals surface area contributed by atoms with Gasteiger partial charge in [-0.1, -0.05) is 40.2 Å². The van der Waals surface area contributed by atoms with Crippen LogP contribution in [0.2, 0.25) is 0 Å². The Labute approximate surface area is 243 Å². The third-order valence-electron chi connectivity index (χ3n) is 7.02. The van der Waals surface area contributed by atoms with E-state index >= 15 is 0 Å². The number of hydrogen-bond acceptors (Lipinski definition) is 9. The average Bonchev–Trinajstić information content (AvgIpc) is 2.88. The Bertz CT molecular complexity index is 1030. The molecular formula is C31H47NO9. The Balaban J connectivity index is 2.16. The van der Waals surface area contributed by atoms with E-state index in [1.54, 1.807) is 13.0 Å². The first kappa shape index (κ1) is 34.1. The number of carboxylic acid groups (broad SMARTS) is 1. The molecule has 2 rings (SSSR count). The van der Waals surface area contributed by atoms with E-state index in [0.29, 0.717) is 30.2 Å². The Morgan fingerprint density at radius 2 is 1.46 bits per heavy atom. The van der Waals surface area contributed by atoms with Crippen LogP contribution in [-0.2, 0) is 30.3 Å². The highest BCUT2D eigenvalue weighted by atomic mass is 16.7. The van der Waals surface area contributed by atoms with E-state index in [1.165, 1.54) is 12.1 Å². The summed E-state index contributed by atoms with van der Waals surface area (Å²) in [6.07, 6.45) is 4.09. The molecule has 1 aromatic carbocycles. The van der Waals surface area contributed by atoms with E-state index in [2.05, 4.69) is 0 Å². The summed E-state index contributed by atoms with van der Waals surface area (Å²) in [5.74, 6) is -1.55. The molecule has 0 aromatic heterocycles. The molecule has 10 nitrogen and oxygen atoms in total. The smallest absolute Gasteiger partial charge is 0.480 e. The summed E-state index contributed by atoms with van der Waals surface area (Å²) < 4.78 is 21.8. The third-order valence-corrected chi connectivity index (χ3v) is 7.02. The van der Waals surface area contributed by atoms with Crippen LogP contribution in [0.5, 0.6) is 11.5 Å². The van der Waals surface area contributed by atoms with Gasteiger partial charge in [0.05, 0.1) is 0 Å². The van der Waals surface area contributed by atoms with Crippen LogP contribution in [-0.4, -0.2) is 46.9 Å². The number of rotatable bonds is 15. The van der Waals surface area contributed by atoms with Crippen LogP contribution in [0.15, 0.2) is 18.2 Å². The standard InChI is InChI=1S/C31H47NO9/c1-20(2)11-15-27(33)40-25-14-13-23(17-26(25)41-28(34)16-12-21(3)4)19-31(32,29(35)36)18-22(5)38-30(37)39-24-9-7-6-8-10-24/h13-14,17,20-22,24H,6-12,15-16,18-19,32H2,1-5H3,(H,35,36)/t22-,31?/m0/s1. The molecule has 0 bridgehead atoms. The Hall–Kier alpha value is -3.14. The summed E-state index contributed by atoms with van der Waals surface area (Å²) in [5.41, 5.74) is 4.97. The maximum atomic E-state index is 12.5. The molecule has 0 amide bonds. The van der Waals surface area contributed by atoms with Gasteiger partial charge in [-0.15, -0.1) is 0 Å². The molecule has 230 valence electrons. The SMILES string of the molecule is CC(C)CCC(=O)Oc1ccc(CC(N)(C[C@H](C)OC(=O)OC2CCCCC2)C(=O)O)cc1OC(=O)CCC(C)C. The highest BCUT2D eigenvalue weighted by Gasteiger charge is 2.37. The number of carbonyl (C=O) groups is 4. The summed E-state index contributed by atoms with van der Waals surface area (Å²) in [6, 6.07) is 4.51. The molecule has 0 radical (unpaired) electrons. The van der Waals surface area contributed by atoms with Crippen molar-refractivity contribution >= 4 is 24.1 Å². The van der Waals surface area contributed by atoms with Crippen LogP contribution in [0.4, 0.5) is 4.79 Å². The van der Waals surface area contributed by atoms with Crippen molar-refractivity contribution in [1.29, 1.82) is 0 Å². The first-order valence-corrected chi connectivity index (χ1v) is 14.7. The van der Waals surface area contributed by atoms with Crippen LogP contribution in [0, 0.1) is 11.8 Å². The zero-order chi connectivity index (χ0) is 30.6. The molecule has 1 unspecified atom stereocenters. The van der Waals surface area contributed by atoms with Gasteiger partial charge in [-0.3, -0.25) is 14.4 Å². The van der Waals surface area contributed by atoms with E-state index in [9.17, 15) is 24.3 Å². The summed E-state index contributed by atoms with van der Waals surface area (Å²) >= 11 is 0. The van der Waals surface area contributed by atoms with Gasteiger partial charge in [0, 0.05) is 25.7 Å². The fraction of sp³-hybridized carbons (Fsp3) is 0.677. The van der Waals surface area contributed by atoms with Gasteiger partial charge in [-0.2, -0.15) is 0 Å². The number of aliphatic carboxylic acids is 1. The monoisotopic (exact) mass is 577 g/mol. The molecule has 0 saturated heterocycles. The second-order valence-electron chi connectivity index (χ2n) is 12.0. The van der Waals surface area contributed by atoms with Crippen LogP contribution < -0.4 is 15.2 Å². The quantitative estimate of drug-likeness (QED) is 0.189. The van der Waals surface area contributed by atoms with Gasteiger partial charge in [-0.25, -0.2) is 4.79 Å². The normalized spacial score (nSPS) is 16.1. The second kappa shape index (κ2) is 16.3. The highest BCUT2D eigenvalue weighted by molar-refractivity contribution is 5.79. The predicted molar refractivity (Wildman–Crippen MR) is 153 cm³/mol.